The second-order valence-corrected chi connectivity index (χ2v) is 7.72. The molecule has 1 N–H and O–H groups in total. The van der Waals surface area contributed by atoms with Crippen LogP contribution >= 0.6 is 0 Å². The highest BCUT2D eigenvalue weighted by atomic mass is 32.2. The number of aryl methyl sites for hydroxylation is 1. The molecule has 0 atom stereocenters. The quantitative estimate of drug-likeness (QED) is 0.934. The summed E-state index contributed by atoms with van der Waals surface area (Å²) in [7, 11) is -3.57. The van der Waals surface area contributed by atoms with Crippen molar-refractivity contribution in [1.29, 1.82) is 0 Å². The summed E-state index contributed by atoms with van der Waals surface area (Å²) < 4.78 is 34.0. The fourth-order valence-corrected chi connectivity index (χ4v) is 4.57. The first-order valence-electron chi connectivity index (χ1n) is 7.67. The molecule has 1 aliphatic rings. The third-order valence-electron chi connectivity index (χ3n) is 4.36. The minimum Gasteiger partial charge on any atom is -0.467 e. The average Bonchev–Trinajstić information content (AvgIpc) is 3.03. The summed E-state index contributed by atoms with van der Waals surface area (Å²) in [5.74, 6) is 0.711. The largest absolute Gasteiger partial charge is 0.467 e. The van der Waals surface area contributed by atoms with E-state index < -0.39 is 15.6 Å². The van der Waals surface area contributed by atoms with Crippen molar-refractivity contribution in [3.63, 3.8) is 0 Å². The van der Waals surface area contributed by atoms with Crippen molar-refractivity contribution in [3.05, 3.63) is 54.0 Å². The molecule has 0 radical (unpaired) electrons. The van der Waals surface area contributed by atoms with E-state index in [0.29, 0.717) is 10.7 Å². The number of hydrogen-bond acceptors (Lipinski definition) is 3. The fraction of sp³-hybridized carbons (Fsp3) is 0.412. The van der Waals surface area contributed by atoms with Crippen LogP contribution in [-0.4, -0.2) is 8.42 Å². The van der Waals surface area contributed by atoms with E-state index in [4.69, 9.17) is 4.42 Å². The zero-order valence-corrected chi connectivity index (χ0v) is 13.5. The molecule has 1 saturated carbocycles. The van der Waals surface area contributed by atoms with Gasteiger partial charge in [0.25, 0.3) is 0 Å². The summed E-state index contributed by atoms with van der Waals surface area (Å²) in [4.78, 5) is 0.301. The summed E-state index contributed by atoms with van der Waals surface area (Å²) in [6.07, 6.45) is 6.27. The molecule has 1 aliphatic carbocycles. The van der Waals surface area contributed by atoms with Crippen LogP contribution in [0, 0.1) is 6.92 Å². The maximum atomic E-state index is 12.8. The van der Waals surface area contributed by atoms with E-state index in [0.717, 1.165) is 37.7 Å². The van der Waals surface area contributed by atoms with E-state index in [-0.39, 0.29) is 0 Å². The molecular formula is C17H21NO3S. The van der Waals surface area contributed by atoms with E-state index in [9.17, 15) is 8.42 Å². The fourth-order valence-electron chi connectivity index (χ4n) is 3.14. The highest BCUT2D eigenvalue weighted by molar-refractivity contribution is 7.89. The zero-order valence-electron chi connectivity index (χ0n) is 12.7. The molecule has 0 bridgehead atoms. The van der Waals surface area contributed by atoms with E-state index in [2.05, 4.69) is 4.72 Å². The molecule has 4 nitrogen and oxygen atoms in total. The van der Waals surface area contributed by atoms with Crippen molar-refractivity contribution in [2.45, 2.75) is 49.5 Å². The number of hydrogen-bond donors (Lipinski definition) is 1. The summed E-state index contributed by atoms with van der Waals surface area (Å²) in [6, 6.07) is 10.6. The number of sulfonamides is 1. The van der Waals surface area contributed by atoms with Gasteiger partial charge in [-0.3, -0.25) is 0 Å². The Morgan fingerprint density at radius 2 is 1.73 bits per heavy atom. The summed E-state index contributed by atoms with van der Waals surface area (Å²) in [6.45, 7) is 1.94. The van der Waals surface area contributed by atoms with Gasteiger partial charge in [0.15, 0.2) is 0 Å². The Hall–Kier alpha value is -1.59. The zero-order chi connectivity index (χ0) is 15.6. The van der Waals surface area contributed by atoms with Crippen molar-refractivity contribution < 1.29 is 12.8 Å². The van der Waals surface area contributed by atoms with Crippen LogP contribution in [-0.2, 0) is 15.6 Å². The SMILES string of the molecule is Cc1ccc(S(=O)(=O)NC2(c3ccco3)CCCCC2)cc1. The molecule has 118 valence electrons. The van der Waals surface area contributed by atoms with Gasteiger partial charge in [0.2, 0.25) is 10.0 Å². The molecule has 5 heteroatoms. The van der Waals surface area contributed by atoms with Gasteiger partial charge in [-0.1, -0.05) is 37.0 Å². The van der Waals surface area contributed by atoms with Gasteiger partial charge in [0, 0.05) is 0 Å². The molecule has 2 aromatic rings. The molecule has 0 spiro atoms. The molecule has 0 saturated heterocycles. The first-order chi connectivity index (χ1) is 10.5. The Bertz CT molecular complexity index is 712. The van der Waals surface area contributed by atoms with Crippen LogP contribution in [0.1, 0.15) is 43.4 Å². The third kappa shape index (κ3) is 2.96. The Morgan fingerprint density at radius 3 is 2.32 bits per heavy atom. The molecule has 0 unspecified atom stereocenters. The van der Waals surface area contributed by atoms with Crippen LogP contribution in [0.4, 0.5) is 0 Å². The number of rotatable bonds is 4. The van der Waals surface area contributed by atoms with Gasteiger partial charge in [-0.15, -0.1) is 0 Å². The van der Waals surface area contributed by atoms with Crippen LogP contribution in [0.5, 0.6) is 0 Å². The number of benzene rings is 1. The van der Waals surface area contributed by atoms with Crippen molar-refractivity contribution in [2.75, 3.05) is 0 Å². The lowest BCUT2D eigenvalue weighted by atomic mass is 9.81. The number of nitrogens with one attached hydrogen (secondary N) is 1. The molecule has 22 heavy (non-hydrogen) atoms. The van der Waals surface area contributed by atoms with Crippen molar-refractivity contribution in [2.24, 2.45) is 0 Å². The Balaban J connectivity index is 1.95. The smallest absolute Gasteiger partial charge is 0.241 e. The van der Waals surface area contributed by atoms with Crippen molar-refractivity contribution in [1.82, 2.24) is 4.72 Å². The van der Waals surface area contributed by atoms with Crippen LogP contribution in [0.2, 0.25) is 0 Å². The van der Waals surface area contributed by atoms with Gasteiger partial charge in [-0.2, -0.15) is 4.72 Å². The predicted octanol–water partition coefficient (Wildman–Crippen LogP) is 3.73. The van der Waals surface area contributed by atoms with Gasteiger partial charge in [-0.25, -0.2) is 8.42 Å². The van der Waals surface area contributed by atoms with Crippen LogP contribution < -0.4 is 4.72 Å². The lowest BCUT2D eigenvalue weighted by Gasteiger charge is -2.36. The Kier molecular flexibility index (Phi) is 4.10. The Morgan fingerprint density at radius 1 is 1.05 bits per heavy atom. The highest BCUT2D eigenvalue weighted by Gasteiger charge is 2.40. The second kappa shape index (κ2) is 5.89. The van der Waals surface area contributed by atoms with Crippen molar-refractivity contribution in [3.8, 4) is 0 Å². The summed E-state index contributed by atoms with van der Waals surface area (Å²) >= 11 is 0. The standard InChI is InChI=1S/C17H21NO3S/c1-14-7-9-15(10-8-14)22(19,20)18-17(11-3-2-4-12-17)16-6-5-13-21-16/h5-10,13,18H,2-4,11-12H2,1H3. The van der Waals surface area contributed by atoms with Gasteiger partial charge in [0.05, 0.1) is 16.7 Å². The lowest BCUT2D eigenvalue weighted by molar-refractivity contribution is 0.228. The molecular weight excluding hydrogens is 298 g/mol. The minimum absolute atomic E-state index is 0.301. The maximum absolute atomic E-state index is 12.8. The molecule has 3 rings (SSSR count). The van der Waals surface area contributed by atoms with Gasteiger partial charge in [0.1, 0.15) is 5.76 Å². The van der Waals surface area contributed by atoms with Crippen LogP contribution in [0.3, 0.4) is 0 Å². The van der Waals surface area contributed by atoms with Crippen LogP contribution in [0.25, 0.3) is 0 Å². The second-order valence-electron chi connectivity index (χ2n) is 6.04. The minimum atomic E-state index is -3.57. The first kappa shape index (κ1) is 15.3. The molecule has 1 aromatic carbocycles. The average molecular weight is 319 g/mol. The number of furan rings is 1. The van der Waals surface area contributed by atoms with Gasteiger partial charge in [-0.05, 0) is 44.0 Å². The monoisotopic (exact) mass is 319 g/mol. The van der Waals surface area contributed by atoms with E-state index >= 15 is 0 Å². The first-order valence-corrected chi connectivity index (χ1v) is 9.15. The molecule has 0 aliphatic heterocycles. The highest BCUT2D eigenvalue weighted by Crippen LogP contribution is 2.38. The van der Waals surface area contributed by atoms with Crippen LogP contribution in [0.15, 0.2) is 52.0 Å². The summed E-state index contributed by atoms with van der Waals surface area (Å²) in [5, 5.41) is 0. The normalized spacial score (nSPS) is 18.2. The topological polar surface area (TPSA) is 59.3 Å². The van der Waals surface area contributed by atoms with E-state index in [1.807, 2.05) is 31.2 Å². The molecule has 1 aromatic heterocycles. The van der Waals surface area contributed by atoms with E-state index in [1.165, 1.54) is 0 Å². The molecule has 0 amide bonds. The molecule has 1 heterocycles. The van der Waals surface area contributed by atoms with Gasteiger partial charge >= 0.3 is 0 Å². The Labute approximate surface area is 131 Å². The predicted molar refractivity (Wildman–Crippen MR) is 85.0 cm³/mol. The molecule has 1 fully saturated rings. The van der Waals surface area contributed by atoms with Gasteiger partial charge < -0.3 is 4.42 Å². The van der Waals surface area contributed by atoms with E-state index in [1.54, 1.807) is 18.4 Å². The summed E-state index contributed by atoms with van der Waals surface area (Å²) in [5.41, 5.74) is 0.420. The van der Waals surface area contributed by atoms with Crippen molar-refractivity contribution >= 4 is 10.0 Å². The maximum Gasteiger partial charge on any atom is 0.241 e. The lowest BCUT2D eigenvalue weighted by Crippen LogP contribution is -2.46. The third-order valence-corrected chi connectivity index (χ3v) is 5.91.